The van der Waals surface area contributed by atoms with E-state index in [4.69, 9.17) is 0 Å². The van der Waals surface area contributed by atoms with Gasteiger partial charge in [0, 0.05) is 12.6 Å². The molecule has 0 aliphatic carbocycles. The summed E-state index contributed by atoms with van der Waals surface area (Å²) in [6.07, 6.45) is -5.12. The first kappa shape index (κ1) is 35.5. The van der Waals surface area contributed by atoms with E-state index in [1.54, 1.807) is 18.2 Å². The zero-order valence-corrected chi connectivity index (χ0v) is 26.8. The second-order valence-electron chi connectivity index (χ2n) is 13.4. The standard InChI is InChI=1S/C37H43F6NO2/c1-23(2)7-16-34(26-10-14-32(15-11-26)37(41,42)43)44-17-5-6-27(22-44)29-19-28(25-8-12-31(13-9-25)36(38,39)40)20-30(21-29)33(35(45)46)18-24(3)4/h8-15,19-21,23-24,27,33-34H,5-7,16-18,22H2,1-4H3,(H,45,46)/t27?,33-,34?/m0/s1. The van der Waals surface area contributed by atoms with Crippen LogP contribution in [0.4, 0.5) is 26.3 Å². The number of nitrogens with zero attached hydrogens (tertiary/aromatic N) is 1. The van der Waals surface area contributed by atoms with Crippen LogP contribution in [0.2, 0.25) is 0 Å². The van der Waals surface area contributed by atoms with E-state index in [2.05, 4.69) is 18.7 Å². The van der Waals surface area contributed by atoms with Gasteiger partial charge in [-0.15, -0.1) is 0 Å². The van der Waals surface area contributed by atoms with E-state index in [0.717, 1.165) is 67.6 Å². The van der Waals surface area contributed by atoms with Crippen molar-refractivity contribution in [1.82, 2.24) is 4.90 Å². The van der Waals surface area contributed by atoms with Crippen molar-refractivity contribution in [2.24, 2.45) is 11.8 Å². The average molecular weight is 648 g/mol. The molecule has 1 N–H and O–H groups in total. The fourth-order valence-corrected chi connectivity index (χ4v) is 6.49. The molecule has 0 saturated carbocycles. The number of carbonyl (C=O) groups is 1. The molecule has 0 radical (unpaired) electrons. The summed E-state index contributed by atoms with van der Waals surface area (Å²) in [4.78, 5) is 14.8. The van der Waals surface area contributed by atoms with Crippen LogP contribution in [0.3, 0.4) is 0 Å². The van der Waals surface area contributed by atoms with E-state index in [1.807, 2.05) is 26.0 Å². The van der Waals surface area contributed by atoms with Gasteiger partial charge in [-0.3, -0.25) is 9.69 Å². The van der Waals surface area contributed by atoms with Crippen molar-refractivity contribution in [3.05, 3.63) is 94.5 Å². The van der Waals surface area contributed by atoms with Gasteiger partial charge in [0.1, 0.15) is 0 Å². The fraction of sp³-hybridized carbons (Fsp3) is 0.486. The number of halogens is 6. The third-order valence-electron chi connectivity index (χ3n) is 8.94. The van der Waals surface area contributed by atoms with E-state index in [1.165, 1.54) is 12.1 Å². The number of rotatable bonds is 11. The maximum absolute atomic E-state index is 13.3. The molecule has 3 aromatic carbocycles. The summed E-state index contributed by atoms with van der Waals surface area (Å²) in [5, 5.41) is 10.2. The number of hydrogen-bond acceptors (Lipinski definition) is 2. The summed E-state index contributed by atoms with van der Waals surface area (Å²) in [7, 11) is 0. The molecule has 250 valence electrons. The third kappa shape index (κ3) is 9.14. The molecule has 1 aliphatic heterocycles. The molecule has 0 aromatic heterocycles. The van der Waals surface area contributed by atoms with Gasteiger partial charge >= 0.3 is 18.3 Å². The molecule has 1 aliphatic rings. The molecule has 9 heteroatoms. The Balaban J connectivity index is 1.72. The number of likely N-dealkylation sites (tertiary alicyclic amines) is 1. The Hall–Kier alpha value is -3.33. The Morgan fingerprint density at radius 3 is 1.89 bits per heavy atom. The van der Waals surface area contributed by atoms with Gasteiger partial charge in [-0.2, -0.15) is 26.3 Å². The highest BCUT2D eigenvalue weighted by atomic mass is 19.4. The van der Waals surface area contributed by atoms with Crippen LogP contribution in [-0.4, -0.2) is 29.1 Å². The molecule has 1 heterocycles. The van der Waals surface area contributed by atoms with Crippen LogP contribution in [-0.2, 0) is 17.1 Å². The zero-order valence-electron chi connectivity index (χ0n) is 26.8. The number of piperidine rings is 1. The van der Waals surface area contributed by atoms with E-state index in [9.17, 15) is 36.2 Å². The van der Waals surface area contributed by atoms with Gasteiger partial charge in [0.15, 0.2) is 0 Å². The summed E-state index contributed by atoms with van der Waals surface area (Å²) in [6.45, 7) is 9.54. The molecule has 1 fully saturated rings. The summed E-state index contributed by atoms with van der Waals surface area (Å²) in [5.41, 5.74) is 2.15. The largest absolute Gasteiger partial charge is 0.481 e. The fourth-order valence-electron chi connectivity index (χ4n) is 6.49. The van der Waals surface area contributed by atoms with Crippen molar-refractivity contribution in [1.29, 1.82) is 0 Å². The normalized spacial score (nSPS) is 17.8. The number of benzene rings is 3. The van der Waals surface area contributed by atoms with Crippen LogP contribution in [0.5, 0.6) is 0 Å². The third-order valence-corrected chi connectivity index (χ3v) is 8.94. The second kappa shape index (κ2) is 14.6. The highest BCUT2D eigenvalue weighted by Gasteiger charge is 2.33. The Morgan fingerprint density at radius 2 is 1.37 bits per heavy atom. The van der Waals surface area contributed by atoms with Gasteiger partial charge in [0.05, 0.1) is 17.0 Å². The number of hydrogen-bond donors (Lipinski definition) is 1. The van der Waals surface area contributed by atoms with Gasteiger partial charge in [0.25, 0.3) is 0 Å². The number of aliphatic carboxylic acids is 1. The van der Waals surface area contributed by atoms with Crippen LogP contribution in [0.15, 0.2) is 66.7 Å². The van der Waals surface area contributed by atoms with Crippen molar-refractivity contribution < 1.29 is 36.2 Å². The molecule has 46 heavy (non-hydrogen) atoms. The van der Waals surface area contributed by atoms with Crippen molar-refractivity contribution in [3.8, 4) is 11.1 Å². The molecule has 1 saturated heterocycles. The van der Waals surface area contributed by atoms with Gasteiger partial charge in [-0.05, 0) is 108 Å². The molecule has 3 atom stereocenters. The summed E-state index contributed by atoms with van der Waals surface area (Å²) >= 11 is 0. The van der Waals surface area contributed by atoms with Crippen molar-refractivity contribution in [3.63, 3.8) is 0 Å². The summed E-state index contributed by atoms with van der Waals surface area (Å²) in [6, 6.07) is 15.9. The SMILES string of the molecule is CC(C)CCC(c1ccc(C(F)(F)F)cc1)N1CCCC(c2cc(-c3ccc(C(F)(F)F)cc3)cc([C@H](CC(C)C)C(=O)O)c2)C1. The van der Waals surface area contributed by atoms with Crippen LogP contribution < -0.4 is 0 Å². The topological polar surface area (TPSA) is 40.5 Å². The van der Waals surface area contributed by atoms with Gasteiger partial charge < -0.3 is 5.11 Å². The number of carboxylic acid groups (broad SMARTS) is 1. The quantitative estimate of drug-likeness (QED) is 0.211. The van der Waals surface area contributed by atoms with Crippen molar-refractivity contribution >= 4 is 5.97 Å². The summed E-state index contributed by atoms with van der Waals surface area (Å²) in [5.74, 6) is -1.21. The van der Waals surface area contributed by atoms with Crippen LogP contribution in [0.1, 0.15) is 105 Å². The lowest BCUT2D eigenvalue weighted by molar-refractivity contribution is -0.139. The Kier molecular flexibility index (Phi) is 11.3. The van der Waals surface area contributed by atoms with Crippen LogP contribution >= 0.6 is 0 Å². The average Bonchev–Trinajstić information content (AvgIpc) is 2.99. The lowest BCUT2D eigenvalue weighted by Crippen LogP contribution is -2.37. The molecule has 0 spiro atoms. The van der Waals surface area contributed by atoms with Crippen molar-refractivity contribution in [2.75, 3.05) is 13.1 Å². The molecule has 2 unspecified atom stereocenters. The number of carboxylic acids is 1. The lowest BCUT2D eigenvalue weighted by Gasteiger charge is -2.39. The minimum atomic E-state index is -4.47. The molecule has 3 aromatic rings. The first-order chi connectivity index (χ1) is 21.5. The second-order valence-corrected chi connectivity index (χ2v) is 13.4. The minimum Gasteiger partial charge on any atom is -0.481 e. The molecule has 3 nitrogen and oxygen atoms in total. The van der Waals surface area contributed by atoms with E-state index in [0.29, 0.717) is 35.6 Å². The minimum absolute atomic E-state index is 0.00592. The molecular formula is C37H43F6NO2. The van der Waals surface area contributed by atoms with Crippen LogP contribution in [0, 0.1) is 11.8 Å². The first-order valence-electron chi connectivity index (χ1n) is 16.0. The Morgan fingerprint density at radius 1 is 0.783 bits per heavy atom. The Labute approximate surface area is 267 Å². The van der Waals surface area contributed by atoms with Gasteiger partial charge in [-0.25, -0.2) is 0 Å². The zero-order chi connectivity index (χ0) is 33.8. The van der Waals surface area contributed by atoms with E-state index in [-0.39, 0.29) is 17.9 Å². The predicted molar refractivity (Wildman–Crippen MR) is 169 cm³/mol. The highest BCUT2D eigenvalue weighted by Crippen LogP contribution is 2.40. The molecule has 4 rings (SSSR count). The maximum Gasteiger partial charge on any atom is 0.416 e. The predicted octanol–water partition coefficient (Wildman–Crippen LogP) is 11.0. The van der Waals surface area contributed by atoms with Crippen LogP contribution in [0.25, 0.3) is 11.1 Å². The summed E-state index contributed by atoms with van der Waals surface area (Å²) < 4.78 is 79.8. The van der Waals surface area contributed by atoms with E-state index >= 15 is 0 Å². The smallest absolute Gasteiger partial charge is 0.416 e. The molecule has 0 amide bonds. The lowest BCUT2D eigenvalue weighted by atomic mass is 9.82. The first-order valence-corrected chi connectivity index (χ1v) is 16.0. The molecule has 0 bridgehead atoms. The number of alkyl halides is 6. The highest BCUT2D eigenvalue weighted by molar-refractivity contribution is 5.78. The van der Waals surface area contributed by atoms with E-state index < -0.39 is 35.4 Å². The molecular weight excluding hydrogens is 604 g/mol. The maximum atomic E-state index is 13.3. The van der Waals surface area contributed by atoms with Gasteiger partial charge in [-0.1, -0.05) is 70.2 Å². The Bertz CT molecular complexity index is 1440. The monoisotopic (exact) mass is 647 g/mol. The van der Waals surface area contributed by atoms with Crippen molar-refractivity contribution in [2.45, 2.75) is 90.0 Å². The van der Waals surface area contributed by atoms with Gasteiger partial charge in [0.2, 0.25) is 0 Å².